The molecule has 5 heteroatoms. The second-order valence-electron chi connectivity index (χ2n) is 7.06. The molecular formula is C19H25N3OS. The second kappa shape index (κ2) is 6.81. The highest BCUT2D eigenvalue weighted by atomic mass is 32.1. The number of carbonyl (C=O) groups is 1. The van der Waals surface area contributed by atoms with Gasteiger partial charge in [-0.2, -0.15) is 0 Å². The summed E-state index contributed by atoms with van der Waals surface area (Å²) in [5, 5.41) is 1.08. The van der Waals surface area contributed by atoms with Crippen molar-refractivity contribution < 1.29 is 4.79 Å². The minimum atomic E-state index is 0.317. The first-order valence-electron chi connectivity index (χ1n) is 9.06. The molecule has 4 rings (SSSR count). The molecule has 2 atom stereocenters. The molecule has 2 aliphatic heterocycles. The van der Waals surface area contributed by atoms with E-state index in [1.807, 2.05) is 18.2 Å². The van der Waals surface area contributed by atoms with Gasteiger partial charge < -0.3 is 9.80 Å². The minimum absolute atomic E-state index is 0.317. The Balaban J connectivity index is 1.40. The fourth-order valence-electron chi connectivity index (χ4n) is 4.31. The summed E-state index contributed by atoms with van der Waals surface area (Å²) in [6.45, 7) is 2.11. The van der Waals surface area contributed by atoms with Crippen LogP contribution >= 0.6 is 11.3 Å². The molecule has 128 valence electrons. The molecule has 0 saturated carbocycles. The zero-order valence-corrected chi connectivity index (χ0v) is 15.1. The lowest BCUT2D eigenvalue weighted by Crippen LogP contribution is -2.47. The van der Waals surface area contributed by atoms with Crippen LogP contribution in [0.25, 0.3) is 10.2 Å². The van der Waals surface area contributed by atoms with E-state index < -0.39 is 0 Å². The number of benzene rings is 1. The molecule has 3 heterocycles. The number of hydrogen-bond donors (Lipinski definition) is 0. The van der Waals surface area contributed by atoms with Gasteiger partial charge in [-0.15, -0.1) is 11.3 Å². The minimum Gasteiger partial charge on any atom is -0.338 e. The lowest BCUT2D eigenvalue weighted by Gasteiger charge is -2.33. The summed E-state index contributed by atoms with van der Waals surface area (Å²) in [5.41, 5.74) is 1.05. The smallest absolute Gasteiger partial charge is 0.223 e. The monoisotopic (exact) mass is 343 g/mol. The normalized spacial score (nSPS) is 25.0. The molecule has 2 saturated heterocycles. The van der Waals surface area contributed by atoms with Gasteiger partial charge in [0.2, 0.25) is 5.91 Å². The first-order valence-corrected chi connectivity index (χ1v) is 9.88. The molecule has 0 aliphatic carbocycles. The third-order valence-corrected chi connectivity index (χ3v) is 6.63. The molecule has 4 nitrogen and oxygen atoms in total. The van der Waals surface area contributed by atoms with Crippen molar-refractivity contribution in [3.63, 3.8) is 0 Å². The molecule has 2 aliphatic rings. The third kappa shape index (κ3) is 3.07. The van der Waals surface area contributed by atoms with Crippen LogP contribution in [0.3, 0.4) is 0 Å². The van der Waals surface area contributed by atoms with Crippen LogP contribution in [-0.4, -0.2) is 52.9 Å². The first kappa shape index (κ1) is 16.0. The van der Waals surface area contributed by atoms with Crippen molar-refractivity contribution in [3.8, 4) is 0 Å². The maximum Gasteiger partial charge on any atom is 0.223 e. The van der Waals surface area contributed by atoms with E-state index in [2.05, 4.69) is 27.9 Å². The number of thiazole rings is 1. The molecule has 2 fully saturated rings. The summed E-state index contributed by atoms with van der Waals surface area (Å²) in [4.78, 5) is 22.1. The molecule has 0 N–H and O–H groups in total. The Bertz CT molecular complexity index is 695. The summed E-state index contributed by atoms with van der Waals surface area (Å²) in [6, 6.07) is 9.21. The van der Waals surface area contributed by atoms with Gasteiger partial charge in [0.05, 0.1) is 15.2 Å². The molecule has 1 aromatic heterocycles. The lowest BCUT2D eigenvalue weighted by molar-refractivity contribution is -0.132. The molecule has 2 aromatic rings. The van der Waals surface area contributed by atoms with E-state index in [-0.39, 0.29) is 0 Å². The topological polar surface area (TPSA) is 36.4 Å². The number of aryl methyl sites for hydroxylation is 1. The summed E-state index contributed by atoms with van der Waals surface area (Å²) in [5.74, 6) is 0.317. The van der Waals surface area contributed by atoms with E-state index in [1.54, 1.807) is 11.3 Å². The number of hydrogen-bond acceptors (Lipinski definition) is 4. The first-order chi connectivity index (χ1) is 11.7. The fourth-order valence-corrected chi connectivity index (χ4v) is 5.28. The predicted octanol–water partition coefficient (Wildman–Crippen LogP) is 3.31. The van der Waals surface area contributed by atoms with Gasteiger partial charge in [-0.25, -0.2) is 4.98 Å². The Morgan fingerprint density at radius 2 is 2.00 bits per heavy atom. The van der Waals surface area contributed by atoms with Gasteiger partial charge in [-0.1, -0.05) is 12.1 Å². The van der Waals surface area contributed by atoms with Crippen molar-refractivity contribution in [2.45, 2.75) is 50.6 Å². The molecule has 0 bridgehead atoms. The van der Waals surface area contributed by atoms with Crippen molar-refractivity contribution in [3.05, 3.63) is 29.3 Å². The average molecular weight is 343 g/mol. The zero-order valence-electron chi connectivity index (χ0n) is 14.3. The average Bonchev–Trinajstić information content (AvgIpc) is 3.30. The van der Waals surface area contributed by atoms with Crippen molar-refractivity contribution in [2.75, 3.05) is 20.1 Å². The fraction of sp³-hybridized carbons (Fsp3) is 0.579. The Kier molecular flexibility index (Phi) is 4.55. The van der Waals surface area contributed by atoms with E-state index in [9.17, 15) is 4.79 Å². The molecule has 0 unspecified atom stereocenters. The Morgan fingerprint density at radius 3 is 2.79 bits per heavy atom. The zero-order chi connectivity index (χ0) is 16.5. The van der Waals surface area contributed by atoms with Crippen LogP contribution in [0, 0.1) is 0 Å². The van der Waals surface area contributed by atoms with E-state index in [0.29, 0.717) is 24.4 Å². The predicted molar refractivity (Wildman–Crippen MR) is 98.3 cm³/mol. The van der Waals surface area contributed by atoms with Gasteiger partial charge in [0.15, 0.2) is 0 Å². The largest absolute Gasteiger partial charge is 0.338 e. The Hall–Kier alpha value is -1.46. The van der Waals surface area contributed by atoms with Crippen molar-refractivity contribution >= 4 is 27.5 Å². The summed E-state index contributed by atoms with van der Waals surface area (Å²) in [7, 11) is 2.21. The van der Waals surface area contributed by atoms with Gasteiger partial charge in [0, 0.05) is 31.5 Å². The third-order valence-electron chi connectivity index (χ3n) is 5.53. The van der Waals surface area contributed by atoms with Gasteiger partial charge in [-0.05, 0) is 51.4 Å². The highest BCUT2D eigenvalue weighted by Gasteiger charge is 2.38. The van der Waals surface area contributed by atoms with Gasteiger partial charge in [-0.3, -0.25) is 4.79 Å². The molecular weight excluding hydrogens is 318 g/mol. The number of nitrogens with zero attached hydrogens (tertiary/aromatic N) is 3. The summed E-state index contributed by atoms with van der Waals surface area (Å²) in [6.07, 6.45) is 6.19. The number of carbonyl (C=O) groups excluding carboxylic acids is 1. The summed E-state index contributed by atoms with van der Waals surface area (Å²) >= 11 is 1.72. The quantitative estimate of drug-likeness (QED) is 0.854. The van der Waals surface area contributed by atoms with Crippen molar-refractivity contribution in [2.24, 2.45) is 0 Å². The van der Waals surface area contributed by atoms with Crippen LogP contribution in [0.4, 0.5) is 0 Å². The number of para-hydroxylation sites is 1. The van der Waals surface area contributed by atoms with E-state index in [1.165, 1.54) is 30.5 Å². The molecule has 0 radical (unpaired) electrons. The van der Waals surface area contributed by atoms with Crippen LogP contribution in [0.5, 0.6) is 0 Å². The van der Waals surface area contributed by atoms with E-state index in [4.69, 9.17) is 0 Å². The van der Waals surface area contributed by atoms with Crippen LogP contribution in [0.2, 0.25) is 0 Å². The van der Waals surface area contributed by atoms with Gasteiger partial charge in [0.1, 0.15) is 0 Å². The molecule has 1 aromatic carbocycles. The van der Waals surface area contributed by atoms with Gasteiger partial charge >= 0.3 is 0 Å². The molecule has 24 heavy (non-hydrogen) atoms. The number of amides is 1. The van der Waals surface area contributed by atoms with Gasteiger partial charge in [0.25, 0.3) is 0 Å². The van der Waals surface area contributed by atoms with Crippen molar-refractivity contribution in [1.82, 2.24) is 14.8 Å². The van der Waals surface area contributed by atoms with E-state index in [0.717, 1.165) is 29.9 Å². The Morgan fingerprint density at radius 1 is 1.21 bits per heavy atom. The Labute approximate surface area is 147 Å². The maximum absolute atomic E-state index is 12.8. The summed E-state index contributed by atoms with van der Waals surface area (Å²) < 4.78 is 1.21. The second-order valence-corrected chi connectivity index (χ2v) is 8.18. The lowest BCUT2D eigenvalue weighted by atomic mass is 10.0. The SMILES string of the molecule is CN1CCC[C@H]1[C@@H]1CCCN1C(=O)CCc1nc2ccccc2s1. The highest BCUT2D eigenvalue weighted by Crippen LogP contribution is 2.30. The van der Waals surface area contributed by atoms with E-state index >= 15 is 0 Å². The maximum atomic E-state index is 12.8. The van der Waals surface area contributed by atoms with Crippen LogP contribution in [0.15, 0.2) is 24.3 Å². The number of aromatic nitrogens is 1. The standard InChI is InChI=1S/C19H25N3OS/c1-21-12-4-7-15(21)16-8-5-13-22(16)19(23)11-10-18-20-14-6-2-3-9-17(14)24-18/h2-3,6,9,15-16H,4-5,7-8,10-13H2,1H3/t15-,16-/m0/s1. The number of fused-ring (bicyclic) bond motifs is 1. The molecule has 1 amide bonds. The highest BCUT2D eigenvalue weighted by molar-refractivity contribution is 7.18. The molecule has 0 spiro atoms. The van der Waals surface area contributed by atoms with Crippen LogP contribution < -0.4 is 0 Å². The number of likely N-dealkylation sites (tertiary alicyclic amines) is 2. The number of rotatable bonds is 4. The number of likely N-dealkylation sites (N-methyl/N-ethyl adjacent to an activating group) is 1. The van der Waals surface area contributed by atoms with Crippen molar-refractivity contribution in [1.29, 1.82) is 0 Å². The van der Waals surface area contributed by atoms with Crippen LogP contribution in [-0.2, 0) is 11.2 Å². The van der Waals surface area contributed by atoms with Crippen LogP contribution in [0.1, 0.15) is 37.1 Å².